The molecule has 0 bridgehead atoms. The van der Waals surface area contributed by atoms with E-state index in [-0.39, 0.29) is 11.6 Å². The zero-order chi connectivity index (χ0) is 21.4. The number of amides is 2. The minimum atomic E-state index is -0.400. The van der Waals surface area contributed by atoms with Gasteiger partial charge in [-0.2, -0.15) is 0 Å². The van der Waals surface area contributed by atoms with Crippen LogP contribution >= 0.6 is 11.6 Å². The van der Waals surface area contributed by atoms with E-state index in [9.17, 15) is 9.59 Å². The van der Waals surface area contributed by atoms with Crippen LogP contribution in [0.2, 0.25) is 5.02 Å². The maximum Gasteiger partial charge on any atom is 0.282 e. The molecule has 30 heavy (non-hydrogen) atoms. The molecular formula is C25H21ClN2O2. The molecule has 0 atom stereocenters. The van der Waals surface area contributed by atoms with Gasteiger partial charge in [-0.05, 0) is 67.3 Å². The molecule has 3 aromatic carbocycles. The summed E-state index contributed by atoms with van der Waals surface area (Å²) in [5, 5.41) is 3.72. The summed E-state index contributed by atoms with van der Waals surface area (Å²) in [6, 6.07) is 20.4. The smallest absolute Gasteiger partial charge is 0.282 e. The van der Waals surface area contributed by atoms with Gasteiger partial charge in [-0.25, -0.2) is 4.90 Å². The van der Waals surface area contributed by atoms with Gasteiger partial charge < -0.3 is 5.32 Å². The fourth-order valence-corrected chi connectivity index (χ4v) is 3.94. The summed E-state index contributed by atoms with van der Waals surface area (Å²) < 4.78 is 0. The topological polar surface area (TPSA) is 49.4 Å². The standard InChI is InChI=1S/C25H21ClN2O2/c1-15-12-16(2)14-19(13-15)27-23-22(18-8-5-4-6-9-18)24(29)28(25(23)30)21-11-7-10-20(26)17(21)3/h4-14,27H,1-3H3. The minimum absolute atomic E-state index is 0.260. The number of nitrogens with one attached hydrogen (secondary N) is 1. The Hall–Kier alpha value is -3.37. The zero-order valence-electron chi connectivity index (χ0n) is 17.0. The fourth-order valence-electron chi connectivity index (χ4n) is 3.77. The van der Waals surface area contributed by atoms with Crippen LogP contribution in [0.1, 0.15) is 22.3 Å². The van der Waals surface area contributed by atoms with Gasteiger partial charge in [0.05, 0.1) is 11.3 Å². The second-order valence-electron chi connectivity index (χ2n) is 7.45. The Morgan fingerprint density at radius 2 is 1.47 bits per heavy atom. The van der Waals surface area contributed by atoms with Crippen molar-refractivity contribution >= 4 is 40.4 Å². The number of hydrogen-bond donors (Lipinski definition) is 1. The highest BCUT2D eigenvalue weighted by Crippen LogP contribution is 2.36. The SMILES string of the molecule is Cc1cc(C)cc(NC2=C(c3ccccc3)C(=O)N(c3cccc(Cl)c3C)C2=O)c1. The number of rotatable bonds is 4. The largest absolute Gasteiger partial charge is 0.350 e. The summed E-state index contributed by atoms with van der Waals surface area (Å²) >= 11 is 6.26. The number of hydrogen-bond acceptors (Lipinski definition) is 3. The van der Waals surface area contributed by atoms with Crippen LogP contribution in [0.3, 0.4) is 0 Å². The molecule has 0 aromatic heterocycles. The van der Waals surface area contributed by atoms with Crippen molar-refractivity contribution in [1.29, 1.82) is 0 Å². The molecule has 150 valence electrons. The lowest BCUT2D eigenvalue weighted by molar-refractivity contribution is -0.120. The van der Waals surface area contributed by atoms with E-state index in [2.05, 4.69) is 11.4 Å². The molecule has 0 radical (unpaired) electrons. The molecule has 0 spiro atoms. The van der Waals surface area contributed by atoms with E-state index in [1.54, 1.807) is 25.1 Å². The van der Waals surface area contributed by atoms with Gasteiger partial charge >= 0.3 is 0 Å². The predicted octanol–water partition coefficient (Wildman–Crippen LogP) is 5.66. The van der Waals surface area contributed by atoms with Gasteiger partial charge in [-0.1, -0.05) is 54.1 Å². The normalized spacial score (nSPS) is 13.9. The van der Waals surface area contributed by atoms with Gasteiger partial charge in [0, 0.05) is 10.7 Å². The molecule has 4 rings (SSSR count). The highest BCUT2D eigenvalue weighted by Gasteiger charge is 2.41. The Labute approximate surface area is 180 Å². The molecule has 1 N–H and O–H groups in total. The van der Waals surface area contributed by atoms with Crippen LogP contribution in [-0.2, 0) is 9.59 Å². The van der Waals surface area contributed by atoms with Crippen molar-refractivity contribution in [3.63, 3.8) is 0 Å². The van der Waals surface area contributed by atoms with Crippen LogP contribution in [0.4, 0.5) is 11.4 Å². The Kier molecular flexibility index (Phi) is 5.18. The molecule has 1 aliphatic heterocycles. The number of aryl methyl sites for hydroxylation is 2. The third-order valence-electron chi connectivity index (χ3n) is 5.12. The first-order valence-corrected chi connectivity index (χ1v) is 10.0. The molecule has 5 heteroatoms. The van der Waals surface area contributed by atoms with Crippen molar-refractivity contribution < 1.29 is 9.59 Å². The molecule has 0 fully saturated rings. The third-order valence-corrected chi connectivity index (χ3v) is 5.53. The Morgan fingerprint density at radius 3 is 2.13 bits per heavy atom. The molecule has 2 amide bonds. The number of carbonyl (C=O) groups excluding carboxylic acids is 2. The monoisotopic (exact) mass is 416 g/mol. The average Bonchev–Trinajstić information content (AvgIpc) is 2.94. The predicted molar refractivity (Wildman–Crippen MR) is 122 cm³/mol. The van der Waals surface area contributed by atoms with E-state index in [1.165, 1.54) is 4.90 Å². The van der Waals surface area contributed by atoms with Crippen molar-refractivity contribution in [3.05, 3.63) is 99.7 Å². The molecule has 3 aromatic rings. The summed E-state index contributed by atoms with van der Waals surface area (Å²) in [5.74, 6) is -0.771. The number of halogens is 1. The molecule has 1 heterocycles. The van der Waals surface area contributed by atoms with E-state index >= 15 is 0 Å². The minimum Gasteiger partial charge on any atom is -0.350 e. The van der Waals surface area contributed by atoms with E-state index in [0.29, 0.717) is 27.4 Å². The summed E-state index contributed by atoms with van der Waals surface area (Å²) in [4.78, 5) is 28.2. The van der Waals surface area contributed by atoms with Crippen LogP contribution in [0, 0.1) is 20.8 Å². The van der Waals surface area contributed by atoms with Crippen LogP contribution in [0.5, 0.6) is 0 Å². The summed E-state index contributed by atoms with van der Waals surface area (Å²) in [6.07, 6.45) is 0. The highest BCUT2D eigenvalue weighted by molar-refractivity contribution is 6.46. The summed E-state index contributed by atoms with van der Waals surface area (Å²) in [6.45, 7) is 5.79. The number of imide groups is 1. The molecule has 0 unspecified atom stereocenters. The maximum absolute atomic E-state index is 13.5. The first kappa shape index (κ1) is 19.9. The van der Waals surface area contributed by atoms with Gasteiger partial charge in [0.15, 0.2) is 0 Å². The van der Waals surface area contributed by atoms with Crippen LogP contribution in [0.15, 0.2) is 72.4 Å². The molecular weight excluding hydrogens is 396 g/mol. The second-order valence-corrected chi connectivity index (χ2v) is 7.85. The van der Waals surface area contributed by atoms with Gasteiger partial charge in [0.1, 0.15) is 5.70 Å². The lowest BCUT2D eigenvalue weighted by Gasteiger charge is -2.18. The van der Waals surface area contributed by atoms with Crippen molar-refractivity contribution in [1.82, 2.24) is 0 Å². The van der Waals surface area contributed by atoms with E-state index < -0.39 is 5.91 Å². The van der Waals surface area contributed by atoms with Crippen molar-refractivity contribution in [2.75, 3.05) is 10.2 Å². The summed E-state index contributed by atoms with van der Waals surface area (Å²) in [5.41, 5.74) is 5.36. The van der Waals surface area contributed by atoms with Crippen molar-refractivity contribution in [3.8, 4) is 0 Å². The number of anilines is 2. The molecule has 4 nitrogen and oxygen atoms in total. The van der Waals surface area contributed by atoms with E-state index in [0.717, 1.165) is 16.8 Å². The van der Waals surface area contributed by atoms with Crippen LogP contribution in [-0.4, -0.2) is 11.8 Å². The van der Waals surface area contributed by atoms with Crippen molar-refractivity contribution in [2.45, 2.75) is 20.8 Å². The van der Waals surface area contributed by atoms with Crippen LogP contribution in [0.25, 0.3) is 5.57 Å². The molecule has 0 saturated carbocycles. The lowest BCUT2D eigenvalue weighted by Crippen LogP contribution is -2.33. The quantitative estimate of drug-likeness (QED) is 0.558. The second kappa shape index (κ2) is 7.81. The molecule has 0 saturated heterocycles. The van der Waals surface area contributed by atoms with Gasteiger partial charge in [0.2, 0.25) is 0 Å². The first-order valence-electron chi connectivity index (χ1n) is 9.65. The Morgan fingerprint density at radius 1 is 0.800 bits per heavy atom. The lowest BCUT2D eigenvalue weighted by atomic mass is 10.0. The first-order chi connectivity index (χ1) is 14.4. The summed E-state index contributed by atoms with van der Waals surface area (Å²) in [7, 11) is 0. The van der Waals surface area contributed by atoms with Crippen LogP contribution < -0.4 is 10.2 Å². The van der Waals surface area contributed by atoms with E-state index in [4.69, 9.17) is 11.6 Å². The van der Waals surface area contributed by atoms with Crippen molar-refractivity contribution in [2.24, 2.45) is 0 Å². The van der Waals surface area contributed by atoms with Gasteiger partial charge in [-0.15, -0.1) is 0 Å². The maximum atomic E-state index is 13.5. The fraction of sp³-hybridized carbons (Fsp3) is 0.120. The Balaban J connectivity index is 1.86. The Bertz CT molecular complexity index is 1180. The highest BCUT2D eigenvalue weighted by atomic mass is 35.5. The number of benzene rings is 3. The molecule has 1 aliphatic rings. The van der Waals surface area contributed by atoms with Gasteiger partial charge in [0.25, 0.3) is 11.8 Å². The zero-order valence-corrected chi connectivity index (χ0v) is 17.7. The average molecular weight is 417 g/mol. The number of carbonyl (C=O) groups is 2. The third kappa shape index (κ3) is 3.51. The molecule has 0 aliphatic carbocycles. The number of nitrogens with zero attached hydrogens (tertiary/aromatic N) is 1. The van der Waals surface area contributed by atoms with E-state index in [1.807, 2.05) is 56.3 Å². The van der Waals surface area contributed by atoms with Gasteiger partial charge in [-0.3, -0.25) is 9.59 Å².